The van der Waals surface area contributed by atoms with E-state index in [4.69, 9.17) is 5.11 Å². The molecule has 4 heteroatoms. The lowest BCUT2D eigenvalue weighted by atomic mass is 9.97. The molecule has 0 aliphatic heterocycles. The molecule has 2 N–H and O–H groups in total. The molecule has 0 spiro atoms. The van der Waals surface area contributed by atoms with Crippen LogP contribution < -0.4 is 5.32 Å². The lowest BCUT2D eigenvalue weighted by Crippen LogP contribution is -2.18. The minimum absolute atomic E-state index is 0.123. The second kappa shape index (κ2) is 8.35. The van der Waals surface area contributed by atoms with E-state index in [2.05, 4.69) is 5.32 Å². The number of benzene rings is 1. The summed E-state index contributed by atoms with van der Waals surface area (Å²) in [7, 11) is 0. The maximum absolute atomic E-state index is 11.9. The second-order valence-corrected chi connectivity index (χ2v) is 5.08. The largest absolute Gasteiger partial charge is 0.481 e. The standard InChI is InChI=1S/C16H23NO3/c1-3-4-8-13(16(19)20)10-11-15(18)17-14-9-6-5-7-12(14)2/h5-7,9,13H,3-4,8,10-11H2,1-2H3,(H,17,18)(H,19,20). The van der Waals surface area contributed by atoms with Crippen molar-refractivity contribution >= 4 is 17.6 Å². The van der Waals surface area contributed by atoms with Crippen molar-refractivity contribution in [1.29, 1.82) is 0 Å². The predicted molar refractivity (Wildman–Crippen MR) is 79.7 cm³/mol. The van der Waals surface area contributed by atoms with Gasteiger partial charge in [0, 0.05) is 12.1 Å². The first-order chi connectivity index (χ1) is 9.54. The van der Waals surface area contributed by atoms with Crippen LogP contribution in [0.25, 0.3) is 0 Å². The van der Waals surface area contributed by atoms with Crippen molar-refractivity contribution in [3.05, 3.63) is 29.8 Å². The Labute approximate surface area is 120 Å². The van der Waals surface area contributed by atoms with E-state index in [-0.39, 0.29) is 12.3 Å². The van der Waals surface area contributed by atoms with E-state index in [9.17, 15) is 9.59 Å². The molecule has 1 unspecified atom stereocenters. The number of hydrogen-bond donors (Lipinski definition) is 2. The van der Waals surface area contributed by atoms with Crippen LogP contribution in [0.1, 0.15) is 44.6 Å². The Morgan fingerprint density at radius 2 is 1.95 bits per heavy atom. The highest BCUT2D eigenvalue weighted by Gasteiger charge is 2.18. The zero-order valence-electron chi connectivity index (χ0n) is 12.2. The summed E-state index contributed by atoms with van der Waals surface area (Å²) >= 11 is 0. The highest BCUT2D eigenvalue weighted by molar-refractivity contribution is 5.91. The Hall–Kier alpha value is -1.84. The van der Waals surface area contributed by atoms with Gasteiger partial charge in [-0.05, 0) is 31.4 Å². The minimum atomic E-state index is -0.804. The van der Waals surface area contributed by atoms with Gasteiger partial charge in [-0.3, -0.25) is 9.59 Å². The van der Waals surface area contributed by atoms with Crippen LogP contribution in [0.2, 0.25) is 0 Å². The first kappa shape index (κ1) is 16.2. The van der Waals surface area contributed by atoms with Gasteiger partial charge in [0.2, 0.25) is 5.91 Å². The van der Waals surface area contributed by atoms with Gasteiger partial charge >= 0.3 is 5.97 Å². The Kier molecular flexibility index (Phi) is 6.77. The van der Waals surface area contributed by atoms with Crippen LogP contribution in [0.5, 0.6) is 0 Å². The number of nitrogens with one attached hydrogen (secondary N) is 1. The third kappa shape index (κ3) is 5.43. The number of rotatable bonds is 8. The fourth-order valence-corrected chi connectivity index (χ4v) is 2.07. The number of aryl methyl sites for hydroxylation is 1. The fraction of sp³-hybridized carbons (Fsp3) is 0.500. The van der Waals surface area contributed by atoms with Crippen molar-refractivity contribution in [2.24, 2.45) is 5.92 Å². The van der Waals surface area contributed by atoms with E-state index in [0.717, 1.165) is 24.1 Å². The third-order valence-electron chi connectivity index (χ3n) is 3.39. The Morgan fingerprint density at radius 1 is 1.25 bits per heavy atom. The van der Waals surface area contributed by atoms with Crippen molar-refractivity contribution < 1.29 is 14.7 Å². The Morgan fingerprint density at radius 3 is 2.55 bits per heavy atom. The molecule has 0 aromatic heterocycles. The summed E-state index contributed by atoms with van der Waals surface area (Å²) in [6.45, 7) is 3.96. The lowest BCUT2D eigenvalue weighted by Gasteiger charge is -2.12. The van der Waals surface area contributed by atoms with Gasteiger partial charge in [-0.1, -0.05) is 38.0 Å². The molecule has 0 fully saturated rings. The van der Waals surface area contributed by atoms with Gasteiger partial charge in [0.1, 0.15) is 0 Å². The van der Waals surface area contributed by atoms with Crippen molar-refractivity contribution in [3.63, 3.8) is 0 Å². The van der Waals surface area contributed by atoms with Crippen molar-refractivity contribution in [2.45, 2.75) is 46.0 Å². The van der Waals surface area contributed by atoms with Crippen LogP contribution in [-0.2, 0) is 9.59 Å². The molecule has 0 saturated heterocycles. The summed E-state index contributed by atoms with van der Waals surface area (Å²) in [5.41, 5.74) is 1.79. The van der Waals surface area contributed by atoms with Gasteiger partial charge in [0.15, 0.2) is 0 Å². The summed E-state index contributed by atoms with van der Waals surface area (Å²) in [6.07, 6.45) is 3.14. The zero-order chi connectivity index (χ0) is 15.0. The first-order valence-corrected chi connectivity index (χ1v) is 7.13. The molecule has 0 bridgehead atoms. The molecule has 1 rings (SSSR count). The van der Waals surface area contributed by atoms with Gasteiger partial charge in [0.25, 0.3) is 0 Å². The first-order valence-electron chi connectivity index (χ1n) is 7.13. The summed E-state index contributed by atoms with van der Waals surface area (Å²) in [6, 6.07) is 7.55. The number of carboxylic acid groups (broad SMARTS) is 1. The monoisotopic (exact) mass is 277 g/mol. The molecule has 1 aromatic carbocycles. The maximum atomic E-state index is 11.9. The van der Waals surface area contributed by atoms with E-state index in [1.165, 1.54) is 0 Å². The van der Waals surface area contributed by atoms with Crippen LogP contribution in [0, 0.1) is 12.8 Å². The SMILES string of the molecule is CCCCC(CCC(=O)Nc1ccccc1C)C(=O)O. The molecule has 0 aliphatic carbocycles. The van der Waals surface area contributed by atoms with Crippen LogP contribution >= 0.6 is 0 Å². The van der Waals surface area contributed by atoms with Gasteiger partial charge in [-0.2, -0.15) is 0 Å². The fourth-order valence-electron chi connectivity index (χ4n) is 2.07. The average molecular weight is 277 g/mol. The topological polar surface area (TPSA) is 66.4 Å². The normalized spacial score (nSPS) is 11.9. The zero-order valence-corrected chi connectivity index (χ0v) is 12.2. The highest BCUT2D eigenvalue weighted by Crippen LogP contribution is 2.17. The average Bonchev–Trinajstić information content (AvgIpc) is 2.41. The van der Waals surface area contributed by atoms with Gasteiger partial charge in [0.05, 0.1) is 5.92 Å². The maximum Gasteiger partial charge on any atom is 0.306 e. The number of anilines is 1. The quantitative estimate of drug-likeness (QED) is 0.763. The molecular formula is C16H23NO3. The summed E-state index contributed by atoms with van der Waals surface area (Å²) in [4.78, 5) is 23.0. The lowest BCUT2D eigenvalue weighted by molar-refractivity contribution is -0.142. The van der Waals surface area contributed by atoms with Crippen LogP contribution in [0.3, 0.4) is 0 Å². The summed E-state index contributed by atoms with van der Waals surface area (Å²) in [5.74, 6) is -1.35. The number of unbranched alkanes of at least 4 members (excludes halogenated alkanes) is 1. The van der Waals surface area contributed by atoms with E-state index in [1.807, 2.05) is 38.1 Å². The number of amides is 1. The van der Waals surface area contributed by atoms with Gasteiger partial charge in [-0.25, -0.2) is 0 Å². The predicted octanol–water partition coefficient (Wildman–Crippen LogP) is 3.60. The second-order valence-electron chi connectivity index (χ2n) is 5.08. The van der Waals surface area contributed by atoms with Crippen LogP contribution in [0.15, 0.2) is 24.3 Å². The molecule has 4 nitrogen and oxygen atoms in total. The number of carboxylic acids is 1. The number of aliphatic carboxylic acids is 1. The molecule has 1 atom stereocenters. The molecule has 0 heterocycles. The Balaban J connectivity index is 2.45. The molecule has 1 aromatic rings. The third-order valence-corrected chi connectivity index (χ3v) is 3.39. The Bertz CT molecular complexity index is 457. The molecule has 20 heavy (non-hydrogen) atoms. The van der Waals surface area contributed by atoms with Crippen molar-refractivity contribution in [1.82, 2.24) is 0 Å². The van der Waals surface area contributed by atoms with Gasteiger partial charge < -0.3 is 10.4 Å². The van der Waals surface area contributed by atoms with Crippen LogP contribution in [-0.4, -0.2) is 17.0 Å². The van der Waals surface area contributed by atoms with Crippen molar-refractivity contribution in [3.8, 4) is 0 Å². The number of hydrogen-bond acceptors (Lipinski definition) is 2. The van der Waals surface area contributed by atoms with E-state index in [1.54, 1.807) is 0 Å². The number of para-hydroxylation sites is 1. The minimum Gasteiger partial charge on any atom is -0.481 e. The number of carbonyl (C=O) groups excluding carboxylic acids is 1. The summed E-state index contributed by atoms with van der Waals surface area (Å²) in [5, 5.41) is 11.9. The van der Waals surface area contributed by atoms with E-state index >= 15 is 0 Å². The van der Waals surface area contributed by atoms with Crippen LogP contribution in [0.4, 0.5) is 5.69 Å². The highest BCUT2D eigenvalue weighted by atomic mass is 16.4. The molecule has 0 radical (unpaired) electrons. The van der Waals surface area contributed by atoms with Crippen molar-refractivity contribution in [2.75, 3.05) is 5.32 Å². The van der Waals surface area contributed by atoms with E-state index < -0.39 is 11.9 Å². The molecule has 110 valence electrons. The summed E-state index contributed by atoms with van der Waals surface area (Å²) < 4.78 is 0. The molecule has 1 amide bonds. The van der Waals surface area contributed by atoms with Gasteiger partial charge in [-0.15, -0.1) is 0 Å². The van der Waals surface area contributed by atoms with E-state index in [0.29, 0.717) is 12.8 Å². The smallest absolute Gasteiger partial charge is 0.306 e. The number of carbonyl (C=O) groups is 2. The molecule has 0 aliphatic rings. The molecule has 0 saturated carbocycles. The molecular weight excluding hydrogens is 254 g/mol.